The van der Waals surface area contributed by atoms with Crippen molar-refractivity contribution in [3.8, 4) is 0 Å². The zero-order valence-corrected chi connectivity index (χ0v) is 61.7. The number of carbonyl (C=O) groups is 3. The van der Waals surface area contributed by atoms with Crippen molar-refractivity contribution >= 4 is 17.7 Å². The molecular formula is C66H117N3O30. The summed E-state index contributed by atoms with van der Waals surface area (Å²) >= 11 is 0. The molecule has 0 bridgehead atoms. The van der Waals surface area contributed by atoms with Crippen LogP contribution in [-0.2, 0) is 142 Å². The van der Waals surface area contributed by atoms with Crippen molar-refractivity contribution in [2.24, 2.45) is 0 Å². The normalized spacial score (nSPS) is 39.2. The summed E-state index contributed by atoms with van der Waals surface area (Å²) in [5.74, 6) is -0.983. The molecule has 6 saturated heterocycles. The van der Waals surface area contributed by atoms with Crippen molar-refractivity contribution < 1.29 is 142 Å². The van der Waals surface area contributed by atoms with Gasteiger partial charge in [0.05, 0.1) is 38.1 Å². The summed E-state index contributed by atoms with van der Waals surface area (Å²) < 4.78 is 158. The van der Waals surface area contributed by atoms with Crippen molar-refractivity contribution in [3.05, 3.63) is 38.0 Å². The first-order valence-electron chi connectivity index (χ1n) is 32.7. The van der Waals surface area contributed by atoms with Gasteiger partial charge in [0.1, 0.15) is 146 Å². The van der Waals surface area contributed by atoms with Gasteiger partial charge in [0.2, 0.25) is 17.7 Å². The van der Waals surface area contributed by atoms with Crippen LogP contribution in [0, 0.1) is 0 Å². The highest BCUT2D eigenvalue weighted by Gasteiger charge is 2.56. The molecule has 576 valence electrons. The number of hydrogen-bond donors (Lipinski definition) is 3. The molecule has 6 heterocycles. The summed E-state index contributed by atoms with van der Waals surface area (Å²) in [6, 6.07) is 0. The molecule has 6 aliphatic heterocycles. The molecule has 3 N–H and O–H groups in total. The number of carbonyl (C=O) groups excluding carboxylic acids is 3. The molecule has 3 amide bonds. The van der Waals surface area contributed by atoms with Crippen LogP contribution in [0.25, 0.3) is 0 Å². The predicted octanol–water partition coefficient (Wildman–Crippen LogP) is -0.278. The molecule has 30 unspecified atom stereocenters. The highest BCUT2D eigenvalue weighted by Crippen LogP contribution is 2.38. The zero-order valence-electron chi connectivity index (χ0n) is 61.7. The van der Waals surface area contributed by atoms with Crippen LogP contribution in [-0.4, -0.2) is 369 Å². The Balaban J connectivity index is 0.000000315. The fourth-order valence-electron chi connectivity index (χ4n) is 13.6. The summed E-state index contributed by atoms with van der Waals surface area (Å²) in [5.41, 5.74) is 0. The fourth-order valence-corrected chi connectivity index (χ4v) is 13.6. The van der Waals surface area contributed by atoms with E-state index in [1.54, 1.807) is 128 Å². The Morgan fingerprint density at radius 2 is 0.465 bits per heavy atom. The lowest BCUT2D eigenvalue weighted by atomic mass is 9.94. The third kappa shape index (κ3) is 22.8. The van der Waals surface area contributed by atoms with E-state index in [2.05, 4.69) is 35.7 Å². The number of methoxy groups -OCH3 is 18. The quantitative estimate of drug-likeness (QED) is 0.0679. The Morgan fingerprint density at radius 3 is 0.636 bits per heavy atom. The Bertz CT molecular complexity index is 2070. The second kappa shape index (κ2) is 45.7. The minimum atomic E-state index is -0.881. The van der Waals surface area contributed by atoms with Gasteiger partial charge in [-0.15, -0.1) is 0 Å². The Morgan fingerprint density at radius 1 is 0.273 bits per heavy atom. The third-order valence-electron chi connectivity index (χ3n) is 18.3. The van der Waals surface area contributed by atoms with Gasteiger partial charge >= 0.3 is 0 Å². The highest BCUT2D eigenvalue weighted by molar-refractivity contribution is 5.87. The van der Waals surface area contributed by atoms with E-state index in [9.17, 15) is 14.4 Å². The van der Waals surface area contributed by atoms with E-state index in [1.807, 2.05) is 20.8 Å². The maximum absolute atomic E-state index is 11.7. The minimum Gasteiger partial charge on any atom is -0.382 e. The van der Waals surface area contributed by atoms with Crippen LogP contribution in [0.1, 0.15) is 20.8 Å². The molecule has 33 heteroatoms. The molecule has 6 aliphatic rings. The molecule has 33 nitrogen and oxygen atoms in total. The molecule has 99 heavy (non-hydrogen) atoms. The minimum absolute atomic E-state index is 0.160. The van der Waals surface area contributed by atoms with Crippen molar-refractivity contribution in [3.63, 3.8) is 0 Å². The lowest BCUT2D eigenvalue weighted by Gasteiger charge is -2.49. The van der Waals surface area contributed by atoms with Crippen LogP contribution in [0.2, 0.25) is 0 Å². The SMILES string of the molecule is C=CC(=O)NCC1OC(OC2C(COC)OC(C)C(OC)C2OC)C(OC)C(OC)C1OC.C=CC(=O)NCC1OC(OC2C(COC)OC(C)C(OC)C2OC)C(OC)C(OC)C1OC.C=CC(=O)NCC1OC(OC2C(COC)OC(C)C(OC)C2OC)C(OC)C(OC)C1OC. The molecule has 0 radical (unpaired) electrons. The monoisotopic (exact) mass is 1430 g/mol. The van der Waals surface area contributed by atoms with Gasteiger partial charge in [-0.25, -0.2) is 0 Å². The van der Waals surface area contributed by atoms with Gasteiger partial charge in [0, 0.05) is 148 Å². The fraction of sp³-hybridized carbons (Fsp3) is 0.864. The largest absolute Gasteiger partial charge is 0.382 e. The maximum Gasteiger partial charge on any atom is 0.243 e. The standard InChI is InChI=1S/3C22H39NO10/c3*1-9-15(24)23-10-13-17(27-5)20(29-7)21(30-8)22(32-13)33-18-14(11-25-3)31-12(2)16(26-4)19(18)28-6/h3*9,12-14,16-22H,1,10-11H2,2-8H3,(H,23,24). The number of amides is 3. The first kappa shape index (κ1) is 88.0. The second-order valence-corrected chi connectivity index (χ2v) is 23.8. The van der Waals surface area contributed by atoms with Gasteiger partial charge in [0.25, 0.3) is 0 Å². The van der Waals surface area contributed by atoms with Gasteiger partial charge in [-0.3, -0.25) is 14.4 Å². The second-order valence-electron chi connectivity index (χ2n) is 23.8. The van der Waals surface area contributed by atoms with Crippen LogP contribution in [0.5, 0.6) is 0 Å². The summed E-state index contributed by atoms with van der Waals surface area (Å²) in [4.78, 5) is 35.2. The molecule has 0 aliphatic carbocycles. The number of ether oxygens (including phenoxy) is 27. The van der Waals surface area contributed by atoms with Crippen LogP contribution in [0.4, 0.5) is 0 Å². The highest BCUT2D eigenvalue weighted by atomic mass is 16.8. The van der Waals surface area contributed by atoms with Crippen molar-refractivity contribution in [1.29, 1.82) is 0 Å². The maximum atomic E-state index is 11.7. The van der Waals surface area contributed by atoms with Crippen molar-refractivity contribution in [2.45, 2.75) is 204 Å². The summed E-state index contributed by atoms with van der Waals surface area (Å²) in [7, 11) is 28.3. The number of rotatable bonds is 36. The molecular weight excluding hydrogens is 1310 g/mol. The molecule has 30 atom stereocenters. The third-order valence-corrected chi connectivity index (χ3v) is 18.3. The average molecular weight is 1430 g/mol. The lowest BCUT2D eigenvalue weighted by Crippen LogP contribution is -2.66. The Labute approximate surface area is 584 Å². The van der Waals surface area contributed by atoms with E-state index >= 15 is 0 Å². The molecule has 0 spiro atoms. The van der Waals surface area contributed by atoms with Crippen LogP contribution in [0.3, 0.4) is 0 Å². The van der Waals surface area contributed by atoms with Gasteiger partial charge in [0.15, 0.2) is 18.9 Å². The topological polar surface area (TPSA) is 337 Å². The van der Waals surface area contributed by atoms with Crippen LogP contribution >= 0.6 is 0 Å². The molecule has 0 aromatic heterocycles. The Kier molecular flexibility index (Phi) is 40.6. The van der Waals surface area contributed by atoms with Gasteiger partial charge < -0.3 is 144 Å². The zero-order chi connectivity index (χ0) is 73.6. The van der Waals surface area contributed by atoms with E-state index in [1.165, 1.54) is 18.2 Å². The van der Waals surface area contributed by atoms with E-state index in [0.29, 0.717) is 0 Å². The first-order valence-corrected chi connectivity index (χ1v) is 32.7. The average Bonchev–Trinajstić information content (AvgIpc) is 0.790. The molecule has 0 aromatic rings. The summed E-state index contributed by atoms with van der Waals surface area (Å²) in [6.07, 6.45) is -12.2. The molecule has 0 saturated carbocycles. The first-order chi connectivity index (χ1) is 47.7. The van der Waals surface area contributed by atoms with E-state index in [-0.39, 0.29) is 93.8 Å². The van der Waals surface area contributed by atoms with Gasteiger partial charge in [-0.2, -0.15) is 0 Å². The van der Waals surface area contributed by atoms with Crippen LogP contribution < -0.4 is 16.0 Å². The van der Waals surface area contributed by atoms with Crippen molar-refractivity contribution in [2.75, 3.05) is 167 Å². The van der Waals surface area contributed by atoms with E-state index in [0.717, 1.165) is 0 Å². The van der Waals surface area contributed by atoms with E-state index < -0.39 is 147 Å². The van der Waals surface area contributed by atoms with Crippen LogP contribution in [0.15, 0.2) is 38.0 Å². The lowest BCUT2D eigenvalue weighted by molar-refractivity contribution is -0.347. The summed E-state index contributed by atoms with van der Waals surface area (Å²) in [5, 5.41) is 8.21. The van der Waals surface area contributed by atoms with Gasteiger partial charge in [-0.05, 0) is 39.0 Å². The molecule has 0 aromatic carbocycles. The molecule has 6 fully saturated rings. The predicted molar refractivity (Wildman–Crippen MR) is 351 cm³/mol. The van der Waals surface area contributed by atoms with Crippen molar-refractivity contribution in [1.82, 2.24) is 16.0 Å². The number of hydrogen-bond acceptors (Lipinski definition) is 30. The Hall–Kier alpha value is -3.45. The number of nitrogens with one attached hydrogen (secondary N) is 3. The van der Waals surface area contributed by atoms with E-state index in [4.69, 9.17) is 128 Å². The molecule has 6 rings (SSSR count). The smallest absolute Gasteiger partial charge is 0.243 e. The summed E-state index contributed by atoms with van der Waals surface area (Å²) in [6.45, 7) is 17.5. The van der Waals surface area contributed by atoms with Gasteiger partial charge in [-0.1, -0.05) is 19.7 Å².